The number of para-hydroxylation sites is 1. The van der Waals surface area contributed by atoms with Gasteiger partial charge in [0.05, 0.1) is 27.9 Å². The van der Waals surface area contributed by atoms with Gasteiger partial charge in [-0.3, -0.25) is 39.5 Å². The first-order valence-electron chi connectivity index (χ1n) is 12.5. The molecule has 13 nitrogen and oxygen atoms in total. The van der Waals surface area contributed by atoms with Gasteiger partial charge in [-0.1, -0.05) is 48.5 Å². The van der Waals surface area contributed by atoms with Crippen LogP contribution in [0.1, 0.15) is 5.56 Å². The first-order chi connectivity index (χ1) is 20.7. The van der Waals surface area contributed by atoms with Crippen LogP contribution >= 0.6 is 11.8 Å². The summed E-state index contributed by atoms with van der Waals surface area (Å²) in [6.07, 6.45) is 1.34. The lowest BCUT2D eigenvalue weighted by Gasteiger charge is -2.14. The molecule has 14 heteroatoms. The maximum absolute atomic E-state index is 13.2. The van der Waals surface area contributed by atoms with Crippen molar-refractivity contribution in [3.05, 3.63) is 110 Å². The number of hydrogen-bond donors (Lipinski definition) is 1. The van der Waals surface area contributed by atoms with Gasteiger partial charge >= 0.3 is 5.69 Å². The number of non-ortho nitro benzene ring substituents is 1. The van der Waals surface area contributed by atoms with E-state index in [1.807, 2.05) is 30.3 Å². The van der Waals surface area contributed by atoms with Gasteiger partial charge in [-0.05, 0) is 41.4 Å². The van der Waals surface area contributed by atoms with Crippen LogP contribution in [0.4, 0.5) is 21.9 Å². The van der Waals surface area contributed by atoms with Gasteiger partial charge in [-0.15, -0.1) is 0 Å². The highest BCUT2D eigenvalue weighted by atomic mass is 32.2. The Morgan fingerprint density at radius 2 is 1.70 bits per heavy atom. The van der Waals surface area contributed by atoms with E-state index in [2.05, 4.69) is 5.32 Å². The lowest BCUT2D eigenvalue weighted by molar-refractivity contribution is -0.394. The summed E-state index contributed by atoms with van der Waals surface area (Å²) in [5.41, 5.74) is -0.414. The van der Waals surface area contributed by atoms with E-state index in [-0.39, 0.29) is 27.7 Å². The topological polar surface area (TPSA) is 171 Å². The molecule has 4 aromatic rings. The number of amides is 3. The highest BCUT2D eigenvalue weighted by molar-refractivity contribution is 8.18. The number of ether oxygens (including phenoxy) is 2. The fourth-order valence-corrected chi connectivity index (χ4v) is 5.15. The maximum atomic E-state index is 13.2. The number of thioether (sulfide) groups is 1. The van der Waals surface area contributed by atoms with Crippen molar-refractivity contribution in [1.29, 1.82) is 0 Å². The molecular formula is C29H20N4O9S. The van der Waals surface area contributed by atoms with E-state index in [0.29, 0.717) is 17.4 Å². The molecule has 0 atom stereocenters. The van der Waals surface area contributed by atoms with Crippen molar-refractivity contribution in [1.82, 2.24) is 4.90 Å². The van der Waals surface area contributed by atoms with Crippen molar-refractivity contribution in [2.45, 2.75) is 0 Å². The molecule has 0 bridgehead atoms. The Kier molecular flexibility index (Phi) is 8.03. The summed E-state index contributed by atoms with van der Waals surface area (Å²) in [5, 5.41) is 26.5. The van der Waals surface area contributed by atoms with Crippen molar-refractivity contribution < 1.29 is 33.7 Å². The van der Waals surface area contributed by atoms with E-state index in [1.54, 1.807) is 18.2 Å². The molecule has 1 aliphatic rings. The predicted octanol–water partition coefficient (Wildman–Crippen LogP) is 6.13. The Hall–Kier alpha value is -5.76. The standard InChI is InChI=1S/C29H20N4O9S/c1-41-24-11-5-8-18(27(24)42-23-13-12-19(32(37)38)15-22(23)33(39)40)14-25-28(35)31(29(36)43-25)16-26(34)30-21-10-4-7-17-6-2-3-9-20(17)21/h2-15H,16H2,1H3,(H,30,34)/b25-14+. The minimum Gasteiger partial charge on any atom is -0.493 e. The molecule has 1 N–H and O–H groups in total. The predicted molar refractivity (Wildman–Crippen MR) is 158 cm³/mol. The van der Waals surface area contributed by atoms with E-state index in [0.717, 1.165) is 33.9 Å². The molecule has 0 saturated carbocycles. The van der Waals surface area contributed by atoms with Crippen LogP contribution in [0.2, 0.25) is 0 Å². The Morgan fingerprint density at radius 3 is 2.44 bits per heavy atom. The molecule has 43 heavy (non-hydrogen) atoms. The Labute approximate surface area is 247 Å². The minimum atomic E-state index is -0.827. The van der Waals surface area contributed by atoms with Gasteiger partial charge in [0.2, 0.25) is 11.7 Å². The molecule has 5 rings (SSSR count). The van der Waals surface area contributed by atoms with Gasteiger partial charge in [0.15, 0.2) is 11.5 Å². The maximum Gasteiger partial charge on any atom is 0.318 e. The first kappa shape index (κ1) is 28.8. The zero-order chi connectivity index (χ0) is 30.7. The number of fused-ring (bicyclic) bond motifs is 1. The summed E-state index contributed by atoms with van der Waals surface area (Å²) < 4.78 is 11.1. The average Bonchev–Trinajstić information content (AvgIpc) is 3.25. The largest absolute Gasteiger partial charge is 0.493 e. The normalized spacial score (nSPS) is 13.8. The van der Waals surface area contributed by atoms with E-state index in [1.165, 1.54) is 25.3 Å². The number of nitro benzene ring substituents is 2. The fraction of sp³-hybridized carbons (Fsp3) is 0.0690. The van der Waals surface area contributed by atoms with Crippen molar-refractivity contribution in [3.8, 4) is 17.2 Å². The number of nitro groups is 2. The van der Waals surface area contributed by atoms with Gasteiger partial charge < -0.3 is 14.8 Å². The van der Waals surface area contributed by atoms with Gasteiger partial charge in [0, 0.05) is 22.7 Å². The number of anilines is 1. The van der Waals surface area contributed by atoms with Crippen LogP contribution in [0.5, 0.6) is 17.2 Å². The van der Waals surface area contributed by atoms with Gasteiger partial charge in [-0.25, -0.2) is 0 Å². The molecule has 216 valence electrons. The van der Waals surface area contributed by atoms with E-state index >= 15 is 0 Å². The second-order valence-corrected chi connectivity index (χ2v) is 9.98. The third-order valence-corrected chi connectivity index (χ3v) is 7.22. The number of rotatable bonds is 9. The summed E-state index contributed by atoms with van der Waals surface area (Å²) >= 11 is 0.608. The van der Waals surface area contributed by atoms with Crippen molar-refractivity contribution in [2.75, 3.05) is 19.0 Å². The number of hydrogen-bond acceptors (Lipinski definition) is 10. The third-order valence-electron chi connectivity index (χ3n) is 6.32. The minimum absolute atomic E-state index is 0.0285. The Bertz CT molecular complexity index is 1850. The number of carbonyl (C=O) groups excluding carboxylic acids is 3. The second-order valence-electron chi connectivity index (χ2n) is 8.99. The van der Waals surface area contributed by atoms with E-state index in [4.69, 9.17) is 9.47 Å². The molecule has 1 fully saturated rings. The monoisotopic (exact) mass is 600 g/mol. The van der Waals surface area contributed by atoms with Crippen LogP contribution in [0.3, 0.4) is 0 Å². The van der Waals surface area contributed by atoms with Crippen LogP contribution < -0.4 is 14.8 Å². The highest BCUT2D eigenvalue weighted by Gasteiger charge is 2.37. The molecule has 0 spiro atoms. The molecule has 1 heterocycles. The van der Waals surface area contributed by atoms with Crippen LogP contribution in [0.25, 0.3) is 16.8 Å². The number of nitrogens with one attached hydrogen (secondary N) is 1. The van der Waals surface area contributed by atoms with Crippen molar-refractivity contribution >= 4 is 62.7 Å². The van der Waals surface area contributed by atoms with Crippen LogP contribution in [0, 0.1) is 20.2 Å². The number of benzene rings is 4. The SMILES string of the molecule is COc1cccc(/C=C2/SC(=O)N(CC(=O)Nc3cccc4ccccc34)C2=O)c1Oc1ccc([N+](=O)[O-])cc1[N+](=O)[O-]. The van der Waals surface area contributed by atoms with E-state index in [9.17, 15) is 34.6 Å². The quantitative estimate of drug-likeness (QED) is 0.134. The molecule has 0 aromatic heterocycles. The summed E-state index contributed by atoms with van der Waals surface area (Å²) in [5.74, 6) is -1.51. The zero-order valence-electron chi connectivity index (χ0n) is 22.2. The van der Waals surface area contributed by atoms with Gasteiger partial charge in [0.1, 0.15) is 6.54 Å². The zero-order valence-corrected chi connectivity index (χ0v) is 23.0. The van der Waals surface area contributed by atoms with Crippen LogP contribution in [-0.4, -0.2) is 45.5 Å². The number of nitrogens with zero attached hydrogens (tertiary/aromatic N) is 3. The molecule has 0 radical (unpaired) electrons. The Morgan fingerprint density at radius 1 is 0.953 bits per heavy atom. The molecule has 3 amide bonds. The lowest BCUT2D eigenvalue weighted by Crippen LogP contribution is -2.36. The van der Waals surface area contributed by atoms with Crippen LogP contribution in [-0.2, 0) is 9.59 Å². The molecule has 0 unspecified atom stereocenters. The van der Waals surface area contributed by atoms with Crippen LogP contribution in [0.15, 0.2) is 83.8 Å². The highest BCUT2D eigenvalue weighted by Crippen LogP contribution is 2.42. The Balaban J connectivity index is 1.40. The number of carbonyl (C=O) groups is 3. The summed E-state index contributed by atoms with van der Waals surface area (Å²) in [6, 6.07) is 20.3. The molecule has 1 saturated heterocycles. The van der Waals surface area contributed by atoms with Crippen molar-refractivity contribution in [3.63, 3.8) is 0 Å². The average molecular weight is 601 g/mol. The molecular weight excluding hydrogens is 580 g/mol. The third kappa shape index (κ3) is 5.99. The molecule has 0 aliphatic carbocycles. The summed E-state index contributed by atoms with van der Waals surface area (Å²) in [7, 11) is 1.33. The lowest BCUT2D eigenvalue weighted by atomic mass is 10.1. The summed E-state index contributed by atoms with van der Waals surface area (Å²) in [6.45, 7) is -0.526. The summed E-state index contributed by atoms with van der Waals surface area (Å²) in [4.78, 5) is 60.7. The number of imide groups is 1. The number of methoxy groups -OCH3 is 1. The smallest absolute Gasteiger partial charge is 0.318 e. The second kappa shape index (κ2) is 12.0. The molecule has 1 aliphatic heterocycles. The fourth-order valence-electron chi connectivity index (χ4n) is 4.32. The van der Waals surface area contributed by atoms with E-state index < -0.39 is 44.8 Å². The van der Waals surface area contributed by atoms with Crippen molar-refractivity contribution in [2.24, 2.45) is 0 Å². The van der Waals surface area contributed by atoms with Gasteiger partial charge in [-0.2, -0.15) is 0 Å². The molecule has 4 aromatic carbocycles. The van der Waals surface area contributed by atoms with Gasteiger partial charge in [0.25, 0.3) is 16.8 Å². The first-order valence-corrected chi connectivity index (χ1v) is 13.3.